The van der Waals surface area contributed by atoms with Crippen LogP contribution in [0.1, 0.15) is 31.2 Å². The number of amides is 3. The molecular formula is C19H28N4O4. The third kappa shape index (κ3) is 6.56. The maximum Gasteiger partial charge on any atom is 0.233 e. The van der Waals surface area contributed by atoms with Crippen molar-refractivity contribution in [1.29, 1.82) is 0 Å². The average molecular weight is 376 g/mol. The molecule has 1 aromatic rings. The van der Waals surface area contributed by atoms with E-state index in [1.165, 1.54) is 0 Å². The van der Waals surface area contributed by atoms with Crippen LogP contribution < -0.4 is 16.0 Å². The van der Waals surface area contributed by atoms with Crippen molar-refractivity contribution in [1.82, 2.24) is 15.2 Å². The Labute approximate surface area is 159 Å². The number of hydrogen-bond acceptors (Lipinski definition) is 5. The number of piperazine rings is 1. The van der Waals surface area contributed by atoms with Gasteiger partial charge in [-0.2, -0.15) is 0 Å². The minimum Gasteiger partial charge on any atom is -0.493 e. The first kappa shape index (κ1) is 20.7. The molecule has 27 heavy (non-hydrogen) atoms. The number of hydrazine groups is 1. The summed E-state index contributed by atoms with van der Waals surface area (Å²) in [6.07, 6.45) is 1.33. The molecule has 3 amide bonds. The maximum absolute atomic E-state index is 12.3. The third-order valence-electron chi connectivity index (χ3n) is 4.61. The Morgan fingerprint density at radius 2 is 1.59 bits per heavy atom. The van der Waals surface area contributed by atoms with Gasteiger partial charge in [0.2, 0.25) is 17.7 Å². The van der Waals surface area contributed by atoms with E-state index < -0.39 is 0 Å². The van der Waals surface area contributed by atoms with E-state index in [2.05, 4.69) is 0 Å². The fourth-order valence-electron chi connectivity index (χ4n) is 2.96. The molecule has 1 aromatic carbocycles. The summed E-state index contributed by atoms with van der Waals surface area (Å²) < 4.78 is 5.68. The van der Waals surface area contributed by atoms with Crippen LogP contribution in [0.5, 0.6) is 5.75 Å². The number of aryl methyl sites for hydroxylation is 1. The molecule has 0 saturated carbocycles. The molecule has 1 aliphatic heterocycles. The van der Waals surface area contributed by atoms with Gasteiger partial charge in [0.25, 0.3) is 0 Å². The largest absolute Gasteiger partial charge is 0.493 e. The number of rotatable bonds is 8. The van der Waals surface area contributed by atoms with Crippen molar-refractivity contribution in [2.24, 2.45) is 5.84 Å². The van der Waals surface area contributed by atoms with Crippen molar-refractivity contribution in [2.75, 3.05) is 32.8 Å². The molecule has 148 valence electrons. The van der Waals surface area contributed by atoms with Crippen LogP contribution in [0.3, 0.4) is 0 Å². The summed E-state index contributed by atoms with van der Waals surface area (Å²) in [5, 5.41) is 0. The second kappa shape index (κ2) is 10.5. The molecule has 1 heterocycles. The van der Waals surface area contributed by atoms with Gasteiger partial charge in [-0.3, -0.25) is 19.8 Å². The van der Waals surface area contributed by atoms with E-state index in [1.807, 2.05) is 36.6 Å². The van der Waals surface area contributed by atoms with Crippen LogP contribution >= 0.6 is 0 Å². The van der Waals surface area contributed by atoms with Gasteiger partial charge in [0, 0.05) is 39.0 Å². The second-order valence-corrected chi connectivity index (χ2v) is 6.55. The van der Waals surface area contributed by atoms with Crippen LogP contribution in [0.4, 0.5) is 0 Å². The van der Waals surface area contributed by atoms with Crippen molar-refractivity contribution in [2.45, 2.75) is 32.6 Å². The number of hydrogen-bond donors (Lipinski definition) is 2. The number of nitrogens with one attached hydrogen (secondary N) is 1. The number of benzene rings is 1. The van der Waals surface area contributed by atoms with E-state index in [1.54, 1.807) is 9.80 Å². The molecule has 0 aliphatic carbocycles. The molecule has 0 aromatic heterocycles. The van der Waals surface area contributed by atoms with Crippen molar-refractivity contribution < 1.29 is 19.1 Å². The van der Waals surface area contributed by atoms with Crippen LogP contribution in [0.25, 0.3) is 0 Å². The van der Waals surface area contributed by atoms with E-state index in [4.69, 9.17) is 10.6 Å². The van der Waals surface area contributed by atoms with E-state index in [-0.39, 0.29) is 24.1 Å². The highest BCUT2D eigenvalue weighted by molar-refractivity contribution is 5.79. The molecule has 1 aliphatic rings. The smallest absolute Gasteiger partial charge is 0.233 e. The molecule has 3 N–H and O–H groups in total. The van der Waals surface area contributed by atoms with Gasteiger partial charge in [0.05, 0.1) is 13.0 Å². The van der Waals surface area contributed by atoms with Gasteiger partial charge < -0.3 is 14.5 Å². The zero-order valence-electron chi connectivity index (χ0n) is 15.8. The van der Waals surface area contributed by atoms with Crippen molar-refractivity contribution >= 4 is 17.7 Å². The third-order valence-corrected chi connectivity index (χ3v) is 4.61. The first-order valence-corrected chi connectivity index (χ1v) is 9.24. The van der Waals surface area contributed by atoms with Gasteiger partial charge in [0.15, 0.2) is 0 Å². The van der Waals surface area contributed by atoms with Crippen LogP contribution in [0, 0.1) is 6.92 Å². The first-order chi connectivity index (χ1) is 13.0. The Morgan fingerprint density at radius 3 is 2.19 bits per heavy atom. The van der Waals surface area contributed by atoms with Gasteiger partial charge in [0.1, 0.15) is 5.75 Å². The predicted octanol–water partition coefficient (Wildman–Crippen LogP) is 0.595. The van der Waals surface area contributed by atoms with E-state index in [0.717, 1.165) is 11.3 Å². The molecule has 0 spiro atoms. The maximum atomic E-state index is 12.3. The van der Waals surface area contributed by atoms with Gasteiger partial charge in [-0.1, -0.05) is 18.2 Å². The Bertz CT molecular complexity index is 657. The zero-order valence-corrected chi connectivity index (χ0v) is 15.8. The lowest BCUT2D eigenvalue weighted by molar-refractivity contribution is -0.140. The SMILES string of the molecule is Cc1ccccc1OCCC(=O)N1CCN(C(=O)CCCC(=O)NN)CC1. The standard InChI is InChI=1S/C19H28N4O4/c1-15-5-2-3-6-16(15)27-14-9-19(26)23-12-10-22(11-13-23)18(25)8-4-7-17(24)21-20/h2-3,5-6H,4,7-14,20H2,1H3,(H,21,24). The number of carbonyl (C=O) groups is 3. The molecule has 8 nitrogen and oxygen atoms in total. The molecule has 8 heteroatoms. The topological polar surface area (TPSA) is 105 Å². The lowest BCUT2D eigenvalue weighted by Gasteiger charge is -2.35. The molecule has 2 rings (SSSR count). The fourth-order valence-corrected chi connectivity index (χ4v) is 2.96. The molecule has 1 saturated heterocycles. The molecule has 1 fully saturated rings. The summed E-state index contributed by atoms with van der Waals surface area (Å²) >= 11 is 0. The van der Waals surface area contributed by atoms with Gasteiger partial charge in [-0.15, -0.1) is 0 Å². The normalized spacial score (nSPS) is 14.0. The quantitative estimate of drug-likeness (QED) is 0.393. The van der Waals surface area contributed by atoms with Gasteiger partial charge in [-0.25, -0.2) is 5.84 Å². The summed E-state index contributed by atoms with van der Waals surface area (Å²) in [6, 6.07) is 7.71. The first-order valence-electron chi connectivity index (χ1n) is 9.24. The van der Waals surface area contributed by atoms with Crippen LogP contribution in [0.15, 0.2) is 24.3 Å². The zero-order chi connectivity index (χ0) is 19.6. The van der Waals surface area contributed by atoms with Crippen LogP contribution in [0.2, 0.25) is 0 Å². The van der Waals surface area contributed by atoms with E-state index >= 15 is 0 Å². The Morgan fingerprint density at radius 1 is 1.00 bits per heavy atom. The minimum absolute atomic E-state index is 0.00908. The fraction of sp³-hybridized carbons (Fsp3) is 0.526. The molecule has 0 bridgehead atoms. The summed E-state index contributed by atoms with van der Waals surface area (Å²) in [7, 11) is 0. The number of carbonyl (C=O) groups excluding carboxylic acids is 3. The molecular weight excluding hydrogens is 348 g/mol. The number of ether oxygens (including phenoxy) is 1. The Balaban J connectivity index is 1.65. The second-order valence-electron chi connectivity index (χ2n) is 6.55. The Kier molecular flexibility index (Phi) is 8.06. The lowest BCUT2D eigenvalue weighted by Crippen LogP contribution is -2.50. The highest BCUT2D eigenvalue weighted by Crippen LogP contribution is 2.16. The number of para-hydroxylation sites is 1. The van der Waals surface area contributed by atoms with Crippen LogP contribution in [-0.4, -0.2) is 60.3 Å². The molecule has 0 atom stereocenters. The van der Waals surface area contributed by atoms with Crippen molar-refractivity contribution in [3.63, 3.8) is 0 Å². The number of nitrogens with zero attached hydrogens (tertiary/aromatic N) is 2. The van der Waals surface area contributed by atoms with Gasteiger partial charge in [-0.05, 0) is 25.0 Å². The molecule has 0 unspecified atom stereocenters. The Hall–Kier alpha value is -2.61. The average Bonchev–Trinajstić information content (AvgIpc) is 2.69. The van der Waals surface area contributed by atoms with Gasteiger partial charge >= 0.3 is 0 Å². The summed E-state index contributed by atoms with van der Waals surface area (Å²) in [5.41, 5.74) is 3.09. The molecule has 0 radical (unpaired) electrons. The highest BCUT2D eigenvalue weighted by atomic mass is 16.5. The highest BCUT2D eigenvalue weighted by Gasteiger charge is 2.23. The van der Waals surface area contributed by atoms with Crippen molar-refractivity contribution in [3.05, 3.63) is 29.8 Å². The summed E-state index contributed by atoms with van der Waals surface area (Å²) in [4.78, 5) is 39.0. The predicted molar refractivity (Wildman–Crippen MR) is 101 cm³/mol. The summed E-state index contributed by atoms with van der Waals surface area (Å²) in [5.74, 6) is 5.58. The van der Waals surface area contributed by atoms with Crippen molar-refractivity contribution in [3.8, 4) is 5.75 Å². The summed E-state index contributed by atoms with van der Waals surface area (Å²) in [6.45, 7) is 4.40. The monoisotopic (exact) mass is 376 g/mol. The minimum atomic E-state index is -0.272. The van der Waals surface area contributed by atoms with E-state index in [9.17, 15) is 14.4 Å². The van der Waals surface area contributed by atoms with E-state index in [0.29, 0.717) is 52.0 Å². The number of nitrogens with two attached hydrogens (primary N) is 1. The van der Waals surface area contributed by atoms with Crippen LogP contribution in [-0.2, 0) is 14.4 Å². The lowest BCUT2D eigenvalue weighted by atomic mass is 10.2.